The maximum atomic E-state index is 6.20. The van der Waals surface area contributed by atoms with E-state index >= 15 is 0 Å². The van der Waals surface area contributed by atoms with Gasteiger partial charge in [0.2, 0.25) is 0 Å². The molecule has 0 N–H and O–H groups in total. The van der Waals surface area contributed by atoms with Gasteiger partial charge in [-0.3, -0.25) is 0 Å². The lowest BCUT2D eigenvalue weighted by molar-refractivity contribution is 0.00578. The molecule has 1 aromatic carbocycles. The first-order valence-corrected chi connectivity index (χ1v) is 10.1. The Morgan fingerprint density at radius 2 is 1.88 bits per heavy atom. The van der Waals surface area contributed by atoms with Gasteiger partial charge in [-0.2, -0.15) is 11.8 Å². The van der Waals surface area contributed by atoms with Crippen molar-refractivity contribution in [3.63, 3.8) is 0 Å². The Balaban J connectivity index is 1.51. The summed E-state index contributed by atoms with van der Waals surface area (Å²) in [5, 5.41) is 1.63. The van der Waals surface area contributed by atoms with Crippen LogP contribution in [0.4, 0.5) is 0 Å². The van der Waals surface area contributed by atoms with Crippen LogP contribution in [-0.4, -0.2) is 28.8 Å². The van der Waals surface area contributed by atoms with E-state index in [-0.39, 0.29) is 18.3 Å². The number of allylic oxidation sites excluding steroid dienone is 1. The average molecular weight is 342 g/mol. The molecule has 3 heterocycles. The zero-order chi connectivity index (χ0) is 16.9. The fraction of sp³-hybridized carbons (Fsp3) is 0.600. The molecule has 0 aromatic heterocycles. The summed E-state index contributed by atoms with van der Waals surface area (Å²) >= 11 is 2.17. The summed E-state index contributed by atoms with van der Waals surface area (Å²) in [6.07, 6.45) is 7.62. The Morgan fingerprint density at radius 3 is 2.58 bits per heavy atom. The number of rotatable bonds is 3. The third-order valence-corrected chi connectivity index (χ3v) is 7.47. The van der Waals surface area contributed by atoms with Crippen LogP contribution in [0.3, 0.4) is 0 Å². The van der Waals surface area contributed by atoms with Crippen molar-refractivity contribution in [1.29, 1.82) is 0 Å². The molecule has 2 atom stereocenters. The lowest BCUT2D eigenvalue weighted by Crippen LogP contribution is -2.41. The Morgan fingerprint density at radius 1 is 1.12 bits per heavy atom. The molecule has 2 saturated heterocycles. The zero-order valence-electron chi connectivity index (χ0n) is 15.2. The van der Waals surface area contributed by atoms with Crippen LogP contribution < -0.4 is 5.46 Å². The molecular formula is C20H27BO2S. The maximum Gasteiger partial charge on any atom is 0.494 e. The van der Waals surface area contributed by atoms with Gasteiger partial charge in [0.1, 0.15) is 0 Å². The Labute approximate surface area is 150 Å². The van der Waals surface area contributed by atoms with Crippen molar-refractivity contribution >= 4 is 24.3 Å². The molecule has 128 valence electrons. The molecule has 0 amide bonds. The summed E-state index contributed by atoms with van der Waals surface area (Å²) in [5.74, 6) is 0. The Bertz CT molecular complexity index is 651. The number of thioether (sulfide) groups is 1. The van der Waals surface area contributed by atoms with Crippen LogP contribution >= 0.6 is 11.8 Å². The van der Waals surface area contributed by atoms with Crippen LogP contribution in [0.1, 0.15) is 52.5 Å². The molecule has 2 fully saturated rings. The van der Waals surface area contributed by atoms with Gasteiger partial charge in [0.25, 0.3) is 0 Å². The summed E-state index contributed by atoms with van der Waals surface area (Å²) in [4.78, 5) is 0. The molecule has 0 radical (unpaired) electrons. The van der Waals surface area contributed by atoms with Crippen LogP contribution in [0.25, 0.3) is 0 Å². The van der Waals surface area contributed by atoms with Gasteiger partial charge in [0, 0.05) is 10.5 Å². The third-order valence-electron chi connectivity index (χ3n) is 5.96. The Kier molecular flexibility index (Phi) is 4.14. The normalized spacial score (nSPS) is 30.5. The predicted octanol–water partition coefficient (Wildman–Crippen LogP) is 4.12. The van der Waals surface area contributed by atoms with E-state index < -0.39 is 0 Å². The quantitative estimate of drug-likeness (QED) is 0.608. The Hall–Kier alpha value is -0.705. The molecule has 3 aliphatic rings. The highest BCUT2D eigenvalue weighted by atomic mass is 32.2. The molecule has 0 saturated carbocycles. The smallest absolute Gasteiger partial charge is 0.399 e. The van der Waals surface area contributed by atoms with Gasteiger partial charge in [-0.15, -0.1) is 0 Å². The average Bonchev–Trinajstić information content (AvgIpc) is 2.95. The van der Waals surface area contributed by atoms with Crippen molar-refractivity contribution in [2.24, 2.45) is 0 Å². The van der Waals surface area contributed by atoms with E-state index in [1.54, 1.807) is 5.57 Å². The molecule has 2 bridgehead atoms. The summed E-state index contributed by atoms with van der Waals surface area (Å²) in [6.45, 7) is 8.43. The molecule has 4 heteroatoms. The number of fused-ring (bicyclic) bond motifs is 2. The van der Waals surface area contributed by atoms with Crippen molar-refractivity contribution < 1.29 is 9.31 Å². The van der Waals surface area contributed by atoms with E-state index in [0.717, 1.165) is 22.4 Å². The number of hydrogen-bond acceptors (Lipinski definition) is 3. The monoisotopic (exact) mass is 342 g/mol. The van der Waals surface area contributed by atoms with Crippen LogP contribution in [0, 0.1) is 0 Å². The van der Waals surface area contributed by atoms with Gasteiger partial charge in [-0.1, -0.05) is 35.9 Å². The molecule has 2 nitrogen and oxygen atoms in total. The summed E-state index contributed by atoms with van der Waals surface area (Å²) in [7, 11) is -0.262. The largest absolute Gasteiger partial charge is 0.494 e. The highest BCUT2D eigenvalue weighted by Gasteiger charge is 2.51. The SMILES string of the molecule is CC1(C)OB(c2cccc(CC3=CC4CCC(C3)S4)c2)OC1(C)C. The van der Waals surface area contributed by atoms with E-state index in [9.17, 15) is 0 Å². The molecule has 3 aliphatic heterocycles. The van der Waals surface area contributed by atoms with E-state index in [4.69, 9.17) is 9.31 Å². The van der Waals surface area contributed by atoms with E-state index in [1.165, 1.54) is 24.8 Å². The standard InChI is InChI=1S/C20H27BO2S/c1-19(2)20(3,4)23-21(22-19)16-7-5-6-14(11-16)10-15-12-17-8-9-18(13-15)24-17/h5-7,11-12,17-18H,8-10,13H2,1-4H3. The van der Waals surface area contributed by atoms with Crippen molar-refractivity contribution in [2.75, 3.05) is 0 Å². The molecule has 1 aromatic rings. The highest BCUT2D eigenvalue weighted by Crippen LogP contribution is 2.43. The fourth-order valence-electron chi connectivity index (χ4n) is 3.85. The minimum atomic E-state index is -0.282. The second-order valence-electron chi connectivity index (χ2n) is 8.41. The first-order chi connectivity index (χ1) is 11.3. The molecular weight excluding hydrogens is 315 g/mol. The fourth-order valence-corrected chi connectivity index (χ4v) is 5.47. The van der Waals surface area contributed by atoms with E-state index in [0.29, 0.717) is 0 Å². The molecule has 2 unspecified atom stereocenters. The van der Waals surface area contributed by atoms with Crippen LogP contribution in [0.15, 0.2) is 35.9 Å². The van der Waals surface area contributed by atoms with Gasteiger partial charge >= 0.3 is 7.12 Å². The summed E-state index contributed by atoms with van der Waals surface area (Å²) in [6, 6.07) is 8.77. The maximum absolute atomic E-state index is 6.20. The van der Waals surface area contributed by atoms with Gasteiger partial charge in [-0.05, 0) is 64.4 Å². The van der Waals surface area contributed by atoms with Gasteiger partial charge in [0.15, 0.2) is 0 Å². The lowest BCUT2D eigenvalue weighted by Gasteiger charge is -2.32. The molecule has 0 aliphatic carbocycles. The second kappa shape index (κ2) is 5.93. The number of hydrogen-bond donors (Lipinski definition) is 0. The molecule has 4 rings (SSSR count). The van der Waals surface area contributed by atoms with Crippen LogP contribution in [0.2, 0.25) is 0 Å². The first kappa shape index (κ1) is 16.7. The van der Waals surface area contributed by atoms with Crippen molar-refractivity contribution in [2.45, 2.75) is 75.1 Å². The highest BCUT2D eigenvalue weighted by molar-refractivity contribution is 8.01. The zero-order valence-corrected chi connectivity index (χ0v) is 16.0. The molecule has 24 heavy (non-hydrogen) atoms. The molecule has 0 spiro atoms. The lowest BCUT2D eigenvalue weighted by atomic mass is 9.78. The predicted molar refractivity (Wildman–Crippen MR) is 103 cm³/mol. The van der Waals surface area contributed by atoms with Gasteiger partial charge in [0.05, 0.1) is 11.2 Å². The van der Waals surface area contributed by atoms with E-state index in [1.807, 2.05) is 0 Å². The van der Waals surface area contributed by atoms with Crippen molar-refractivity contribution in [3.8, 4) is 0 Å². The van der Waals surface area contributed by atoms with Gasteiger partial charge in [-0.25, -0.2) is 0 Å². The second-order valence-corrected chi connectivity index (χ2v) is 9.96. The van der Waals surface area contributed by atoms with Crippen molar-refractivity contribution in [1.82, 2.24) is 0 Å². The topological polar surface area (TPSA) is 18.5 Å². The van der Waals surface area contributed by atoms with E-state index in [2.05, 4.69) is 69.8 Å². The third kappa shape index (κ3) is 3.09. The van der Waals surface area contributed by atoms with Gasteiger partial charge < -0.3 is 9.31 Å². The number of benzene rings is 1. The summed E-state index contributed by atoms with van der Waals surface area (Å²) < 4.78 is 12.4. The van der Waals surface area contributed by atoms with Crippen LogP contribution in [0.5, 0.6) is 0 Å². The minimum absolute atomic E-state index is 0.262. The van der Waals surface area contributed by atoms with Crippen molar-refractivity contribution in [3.05, 3.63) is 41.5 Å². The first-order valence-electron chi connectivity index (χ1n) is 9.12. The van der Waals surface area contributed by atoms with Crippen LogP contribution in [-0.2, 0) is 15.7 Å². The summed E-state index contributed by atoms with van der Waals surface area (Å²) in [5.41, 5.74) is 3.57. The minimum Gasteiger partial charge on any atom is -0.399 e.